The van der Waals surface area contributed by atoms with Gasteiger partial charge in [0, 0.05) is 32.6 Å². The Labute approximate surface area is 129 Å². The van der Waals surface area contributed by atoms with Crippen LogP contribution < -0.4 is 0 Å². The molecule has 1 saturated heterocycles. The molecule has 1 aliphatic rings. The smallest absolute Gasteiger partial charge is 0.227 e. The minimum absolute atomic E-state index is 0.130. The standard InChI is InChI=1S/C16H31N3O2/c1-5-8-18(9-6-2)16(21)14-12-15(20)19(13-14)11-7-10-17(3)4/h14H,5-13H2,1-4H3. The third kappa shape index (κ3) is 5.65. The first-order chi connectivity index (χ1) is 9.99. The molecule has 0 N–H and O–H groups in total. The molecule has 0 bridgehead atoms. The van der Waals surface area contributed by atoms with E-state index in [2.05, 4.69) is 18.7 Å². The number of carbonyl (C=O) groups excluding carboxylic acids is 2. The first-order valence-corrected chi connectivity index (χ1v) is 8.20. The van der Waals surface area contributed by atoms with Crippen molar-refractivity contribution in [2.24, 2.45) is 5.92 Å². The Morgan fingerprint density at radius 3 is 2.33 bits per heavy atom. The highest BCUT2D eigenvalue weighted by molar-refractivity contribution is 5.89. The van der Waals surface area contributed by atoms with Gasteiger partial charge < -0.3 is 14.7 Å². The van der Waals surface area contributed by atoms with Crippen molar-refractivity contribution in [3.63, 3.8) is 0 Å². The van der Waals surface area contributed by atoms with Crippen molar-refractivity contribution in [3.05, 3.63) is 0 Å². The van der Waals surface area contributed by atoms with Crippen molar-refractivity contribution in [3.8, 4) is 0 Å². The molecule has 122 valence electrons. The number of likely N-dealkylation sites (tertiary alicyclic amines) is 1. The van der Waals surface area contributed by atoms with Gasteiger partial charge in [0.15, 0.2) is 0 Å². The normalized spacial score (nSPS) is 18.6. The van der Waals surface area contributed by atoms with Crippen LogP contribution in [0.3, 0.4) is 0 Å². The maximum atomic E-state index is 12.5. The van der Waals surface area contributed by atoms with Crippen LogP contribution in [0.15, 0.2) is 0 Å². The van der Waals surface area contributed by atoms with Gasteiger partial charge in [-0.2, -0.15) is 0 Å². The fourth-order valence-corrected chi connectivity index (χ4v) is 2.86. The van der Waals surface area contributed by atoms with E-state index in [9.17, 15) is 9.59 Å². The average molecular weight is 297 g/mol. The second-order valence-electron chi connectivity index (χ2n) is 6.22. The van der Waals surface area contributed by atoms with E-state index in [-0.39, 0.29) is 17.7 Å². The van der Waals surface area contributed by atoms with Crippen molar-refractivity contribution in [2.75, 3.05) is 46.8 Å². The van der Waals surface area contributed by atoms with Crippen molar-refractivity contribution < 1.29 is 9.59 Å². The van der Waals surface area contributed by atoms with E-state index >= 15 is 0 Å². The lowest BCUT2D eigenvalue weighted by Crippen LogP contribution is -2.38. The summed E-state index contributed by atoms with van der Waals surface area (Å²) in [4.78, 5) is 30.5. The summed E-state index contributed by atoms with van der Waals surface area (Å²) in [6.45, 7) is 8.13. The molecular formula is C16H31N3O2. The minimum atomic E-state index is -0.130. The Morgan fingerprint density at radius 1 is 1.19 bits per heavy atom. The summed E-state index contributed by atoms with van der Waals surface area (Å²) < 4.78 is 0. The first-order valence-electron chi connectivity index (χ1n) is 8.20. The van der Waals surface area contributed by atoms with Gasteiger partial charge in [-0.3, -0.25) is 9.59 Å². The number of nitrogens with zero attached hydrogens (tertiary/aromatic N) is 3. The van der Waals surface area contributed by atoms with Gasteiger partial charge in [-0.1, -0.05) is 13.8 Å². The third-order valence-electron chi connectivity index (χ3n) is 3.90. The van der Waals surface area contributed by atoms with Crippen LogP contribution in [0.4, 0.5) is 0 Å². The number of rotatable bonds is 9. The van der Waals surface area contributed by atoms with Gasteiger partial charge in [-0.15, -0.1) is 0 Å². The lowest BCUT2D eigenvalue weighted by Gasteiger charge is -2.25. The predicted molar refractivity (Wildman–Crippen MR) is 85.0 cm³/mol. The summed E-state index contributed by atoms with van der Waals surface area (Å²) in [5.74, 6) is 0.178. The fourth-order valence-electron chi connectivity index (χ4n) is 2.86. The van der Waals surface area contributed by atoms with E-state index in [4.69, 9.17) is 0 Å². The zero-order valence-corrected chi connectivity index (χ0v) is 14.1. The summed E-state index contributed by atoms with van der Waals surface area (Å²) in [5, 5.41) is 0. The Balaban J connectivity index is 2.49. The molecule has 0 aromatic rings. The maximum Gasteiger partial charge on any atom is 0.227 e. The summed E-state index contributed by atoms with van der Waals surface area (Å²) in [6, 6.07) is 0. The van der Waals surface area contributed by atoms with E-state index in [0.29, 0.717) is 13.0 Å². The molecule has 0 aliphatic carbocycles. The summed E-state index contributed by atoms with van der Waals surface area (Å²) in [6.07, 6.45) is 3.30. The van der Waals surface area contributed by atoms with Crippen molar-refractivity contribution in [1.29, 1.82) is 0 Å². The van der Waals surface area contributed by atoms with E-state index in [1.54, 1.807) is 0 Å². The van der Waals surface area contributed by atoms with Gasteiger partial charge in [0.25, 0.3) is 0 Å². The Bertz CT molecular complexity index is 338. The third-order valence-corrected chi connectivity index (χ3v) is 3.90. The van der Waals surface area contributed by atoms with Gasteiger partial charge in [0.1, 0.15) is 0 Å². The molecule has 1 unspecified atom stereocenters. The number of amides is 2. The highest BCUT2D eigenvalue weighted by atomic mass is 16.2. The van der Waals surface area contributed by atoms with Crippen LogP contribution in [-0.4, -0.2) is 73.3 Å². The van der Waals surface area contributed by atoms with Crippen LogP contribution in [0, 0.1) is 5.92 Å². The summed E-state index contributed by atoms with van der Waals surface area (Å²) in [7, 11) is 4.07. The Hall–Kier alpha value is -1.10. The number of carbonyl (C=O) groups is 2. The van der Waals surface area contributed by atoms with Crippen LogP contribution in [0.25, 0.3) is 0 Å². The zero-order valence-electron chi connectivity index (χ0n) is 14.1. The highest BCUT2D eigenvalue weighted by Gasteiger charge is 2.35. The van der Waals surface area contributed by atoms with E-state index in [1.165, 1.54) is 0 Å². The second kappa shape index (κ2) is 9.03. The number of hydrogen-bond acceptors (Lipinski definition) is 3. The fraction of sp³-hybridized carbons (Fsp3) is 0.875. The molecule has 1 rings (SSSR count). The molecule has 0 spiro atoms. The molecule has 1 fully saturated rings. The van der Waals surface area contributed by atoms with Gasteiger partial charge in [0.05, 0.1) is 5.92 Å². The quantitative estimate of drug-likeness (QED) is 0.647. The average Bonchev–Trinajstić information content (AvgIpc) is 2.79. The van der Waals surface area contributed by atoms with Crippen LogP contribution in [0.1, 0.15) is 39.5 Å². The van der Waals surface area contributed by atoms with Crippen molar-refractivity contribution in [2.45, 2.75) is 39.5 Å². The largest absolute Gasteiger partial charge is 0.342 e. The molecule has 0 aromatic heterocycles. The monoisotopic (exact) mass is 297 g/mol. The summed E-state index contributed by atoms with van der Waals surface area (Å²) in [5.41, 5.74) is 0. The van der Waals surface area contributed by atoms with Gasteiger partial charge in [-0.25, -0.2) is 0 Å². The first kappa shape index (κ1) is 18.0. The summed E-state index contributed by atoms with van der Waals surface area (Å²) >= 11 is 0. The van der Waals surface area contributed by atoms with Gasteiger partial charge in [0.2, 0.25) is 11.8 Å². The molecule has 0 radical (unpaired) electrons. The molecule has 1 heterocycles. The molecule has 5 nitrogen and oxygen atoms in total. The molecule has 1 aliphatic heterocycles. The molecule has 0 aromatic carbocycles. The lowest BCUT2D eigenvalue weighted by molar-refractivity contribution is -0.136. The van der Waals surface area contributed by atoms with Crippen molar-refractivity contribution in [1.82, 2.24) is 14.7 Å². The topological polar surface area (TPSA) is 43.9 Å². The molecule has 21 heavy (non-hydrogen) atoms. The SMILES string of the molecule is CCCN(CCC)C(=O)C1CC(=O)N(CCCN(C)C)C1. The zero-order chi connectivity index (χ0) is 15.8. The second-order valence-corrected chi connectivity index (χ2v) is 6.22. The Morgan fingerprint density at radius 2 is 1.81 bits per heavy atom. The molecule has 2 amide bonds. The molecular weight excluding hydrogens is 266 g/mol. The van der Waals surface area contributed by atoms with Crippen LogP contribution >= 0.6 is 0 Å². The number of hydrogen-bond donors (Lipinski definition) is 0. The van der Waals surface area contributed by atoms with Crippen molar-refractivity contribution >= 4 is 11.8 Å². The van der Waals surface area contributed by atoms with Crippen LogP contribution in [0.5, 0.6) is 0 Å². The van der Waals surface area contributed by atoms with E-state index < -0.39 is 0 Å². The highest BCUT2D eigenvalue weighted by Crippen LogP contribution is 2.20. The van der Waals surface area contributed by atoms with E-state index in [1.807, 2.05) is 23.9 Å². The van der Waals surface area contributed by atoms with Gasteiger partial charge in [-0.05, 0) is 39.9 Å². The Kier molecular flexibility index (Phi) is 7.72. The molecule has 1 atom stereocenters. The van der Waals surface area contributed by atoms with Gasteiger partial charge >= 0.3 is 0 Å². The molecule has 0 saturated carbocycles. The predicted octanol–water partition coefficient (Wildman–Crippen LogP) is 1.44. The van der Waals surface area contributed by atoms with Crippen LogP contribution in [-0.2, 0) is 9.59 Å². The maximum absolute atomic E-state index is 12.5. The lowest BCUT2D eigenvalue weighted by atomic mass is 10.1. The molecule has 5 heteroatoms. The van der Waals surface area contributed by atoms with E-state index in [0.717, 1.165) is 45.4 Å². The van der Waals surface area contributed by atoms with Crippen LogP contribution in [0.2, 0.25) is 0 Å². The minimum Gasteiger partial charge on any atom is -0.342 e.